The van der Waals surface area contributed by atoms with Crippen molar-refractivity contribution < 1.29 is 67.8 Å². The van der Waals surface area contributed by atoms with Gasteiger partial charge in [0.15, 0.2) is 0 Å². The van der Waals surface area contributed by atoms with Gasteiger partial charge in [-0.2, -0.15) is 5.26 Å². The number of carboxylic acids is 3. The van der Waals surface area contributed by atoms with Gasteiger partial charge in [-0.3, -0.25) is 48.5 Å². The zero-order chi connectivity index (χ0) is 52.0. The summed E-state index contributed by atoms with van der Waals surface area (Å²) in [5, 5.41) is 61.8. The number of ether oxygens (including phenoxy) is 1. The lowest BCUT2D eigenvalue weighted by Gasteiger charge is -2.34. The molecule has 1 atom stereocenters. The molecule has 3 amide bonds. The molecule has 3 heterocycles. The van der Waals surface area contributed by atoms with E-state index >= 15 is 0 Å². The lowest BCUT2D eigenvalue weighted by molar-refractivity contribution is -0.140. The Morgan fingerprint density at radius 3 is 1.99 bits per heavy atom. The summed E-state index contributed by atoms with van der Waals surface area (Å²) < 4.78 is 33.7. The van der Waals surface area contributed by atoms with Crippen LogP contribution >= 0.6 is 0 Å². The number of nitrogens with zero attached hydrogens (tertiary/aromatic N) is 7. The van der Waals surface area contributed by atoms with Gasteiger partial charge in [0.2, 0.25) is 11.8 Å². The molecule has 0 aliphatic carbocycles. The molecule has 0 spiro atoms. The number of halogens is 2. The molecule has 6 rings (SSSR count). The molecular weight excluding hydrogens is 943 g/mol. The number of alkyl halides is 2. The van der Waals surface area contributed by atoms with Crippen LogP contribution < -0.4 is 10.1 Å². The van der Waals surface area contributed by atoms with Gasteiger partial charge in [0.05, 0.1) is 49.9 Å². The molecule has 2 aliphatic rings. The molecule has 3 aromatic carbocycles. The van der Waals surface area contributed by atoms with Gasteiger partial charge in [-0.1, -0.05) is 24.3 Å². The highest BCUT2D eigenvalue weighted by Crippen LogP contribution is 2.32. The van der Waals surface area contributed by atoms with Gasteiger partial charge in [-0.05, 0) is 66.8 Å². The normalized spacial score (nSPS) is 15.7. The first-order chi connectivity index (χ1) is 34.4. The molecule has 20 nitrogen and oxygen atoms in total. The summed E-state index contributed by atoms with van der Waals surface area (Å²) in [6, 6.07) is 16.5. The van der Waals surface area contributed by atoms with Crippen LogP contribution in [0.5, 0.6) is 17.2 Å². The number of aromatic nitrogens is 1. The molecule has 0 saturated carbocycles. The van der Waals surface area contributed by atoms with Gasteiger partial charge in [0.1, 0.15) is 23.3 Å². The topological polar surface area (TPSA) is 278 Å². The van der Waals surface area contributed by atoms with Crippen molar-refractivity contribution in [3.05, 3.63) is 94.7 Å². The molecular formula is C50H58F2N8O12. The van der Waals surface area contributed by atoms with Crippen LogP contribution in [0.3, 0.4) is 0 Å². The summed E-state index contributed by atoms with van der Waals surface area (Å²) in [5.41, 5.74) is 2.93. The number of rotatable bonds is 25. The zero-order valence-electron chi connectivity index (χ0n) is 39.6. The molecule has 6 N–H and O–H groups in total. The van der Waals surface area contributed by atoms with Crippen LogP contribution in [0.25, 0.3) is 10.9 Å². The van der Waals surface area contributed by atoms with E-state index in [0.29, 0.717) is 85.5 Å². The summed E-state index contributed by atoms with van der Waals surface area (Å²) in [7, 11) is 0. The minimum Gasteiger partial charge on any atom is -0.508 e. The molecule has 2 aliphatic heterocycles. The maximum atomic E-state index is 13.8. The zero-order valence-corrected chi connectivity index (χ0v) is 39.6. The number of carbonyl (C=O) groups is 6. The number of phenols is 2. The van der Waals surface area contributed by atoms with Crippen molar-refractivity contribution >= 4 is 46.5 Å². The lowest BCUT2D eigenvalue weighted by atomic mass is 10.0. The van der Waals surface area contributed by atoms with Crippen molar-refractivity contribution in [3.8, 4) is 23.3 Å². The average Bonchev–Trinajstić information content (AvgIpc) is 3.67. The summed E-state index contributed by atoms with van der Waals surface area (Å²) in [6.07, 6.45) is 2.02. The third kappa shape index (κ3) is 15.8. The predicted molar refractivity (Wildman–Crippen MR) is 254 cm³/mol. The van der Waals surface area contributed by atoms with Crippen molar-refractivity contribution in [2.24, 2.45) is 0 Å². The van der Waals surface area contributed by atoms with Crippen molar-refractivity contribution in [3.63, 3.8) is 0 Å². The van der Waals surface area contributed by atoms with E-state index in [1.807, 2.05) is 0 Å². The molecule has 0 radical (unpaired) electrons. The molecule has 2 saturated heterocycles. The van der Waals surface area contributed by atoms with E-state index in [4.69, 9.17) is 9.84 Å². The van der Waals surface area contributed by atoms with Gasteiger partial charge >= 0.3 is 17.9 Å². The second-order valence-electron chi connectivity index (χ2n) is 17.9. The first kappa shape index (κ1) is 53.9. The molecule has 0 bridgehead atoms. The van der Waals surface area contributed by atoms with Crippen LogP contribution in [0.15, 0.2) is 66.9 Å². The monoisotopic (exact) mass is 1000 g/mol. The van der Waals surface area contributed by atoms with Gasteiger partial charge in [0.25, 0.3) is 11.8 Å². The van der Waals surface area contributed by atoms with Crippen molar-refractivity contribution in [1.82, 2.24) is 34.8 Å². The highest BCUT2D eigenvalue weighted by molar-refractivity contribution is 6.07. The summed E-state index contributed by atoms with van der Waals surface area (Å²) in [5.74, 6) is -7.56. The number of aliphatic carboxylic acids is 3. The Kier molecular flexibility index (Phi) is 18.8. The number of likely N-dealkylation sites (tertiary alicyclic amines) is 1. The quantitative estimate of drug-likeness (QED) is 0.0520. The molecule has 72 heavy (non-hydrogen) atoms. The highest BCUT2D eigenvalue weighted by atomic mass is 19.3. The number of amides is 3. The van der Waals surface area contributed by atoms with Gasteiger partial charge in [0, 0.05) is 101 Å². The van der Waals surface area contributed by atoms with Crippen molar-refractivity contribution in [1.29, 1.82) is 5.26 Å². The second-order valence-corrected chi connectivity index (χ2v) is 17.9. The number of aromatic hydroxyl groups is 2. The maximum absolute atomic E-state index is 13.8. The number of benzene rings is 3. The summed E-state index contributed by atoms with van der Waals surface area (Å²) >= 11 is 0. The number of fused-ring (bicyclic) bond motifs is 1. The first-order valence-electron chi connectivity index (χ1n) is 23.4. The largest absolute Gasteiger partial charge is 0.508 e. The smallest absolute Gasteiger partial charge is 0.317 e. The Labute approximate surface area is 413 Å². The standard InChI is InChI=1S/C50H58F2N8O12/c51-50(52)25-37(26-53)60(32-50)45(64)27-55-49(71)39-12-13-54-41-7-6-38(24-40(39)41)72-21-1-14-56-17-19-59(20-18-56)44(63)10-4-33-2-8-42(61)35(22-33)28-57(30-47(67)68)15-16-58(31-48(69)70)29-36-23-34(3-9-43(36)62)5-11-46(65)66/h2-3,6-9,12-13,22-24,37,61-62H,1,4-5,10-11,14-21,25,27-32H2,(H,55,71)(H,65,66)(H,67,68)(H,69,70)/t37-/m0/s1. The van der Waals surface area contributed by atoms with Crippen molar-refractivity contribution in [2.45, 2.75) is 63.6 Å². The summed E-state index contributed by atoms with van der Waals surface area (Å²) in [4.78, 5) is 86.0. The Morgan fingerprint density at radius 1 is 0.792 bits per heavy atom. The fourth-order valence-corrected chi connectivity index (χ4v) is 8.74. The number of carboxylic acid groups (broad SMARTS) is 3. The summed E-state index contributed by atoms with van der Waals surface area (Å²) in [6.45, 7) is 1.30. The molecule has 2 fully saturated rings. The number of hydrogen-bond acceptors (Lipinski definition) is 14. The Balaban J connectivity index is 0.936. The molecule has 22 heteroatoms. The van der Waals surface area contributed by atoms with Gasteiger partial charge < -0.3 is 45.4 Å². The van der Waals surface area contributed by atoms with Crippen LogP contribution in [0, 0.1) is 11.3 Å². The van der Waals surface area contributed by atoms with E-state index in [-0.39, 0.29) is 68.4 Å². The number of carbonyl (C=O) groups excluding carboxylic acids is 3. The fourth-order valence-electron chi connectivity index (χ4n) is 8.74. The third-order valence-electron chi connectivity index (χ3n) is 12.5. The molecule has 0 unspecified atom stereocenters. The Hall–Kier alpha value is -7.48. The second kappa shape index (κ2) is 25.1. The average molecular weight is 1000 g/mol. The van der Waals surface area contributed by atoms with E-state index in [1.165, 1.54) is 29.3 Å². The van der Waals surface area contributed by atoms with Crippen LogP contribution in [0.1, 0.15) is 58.3 Å². The van der Waals surface area contributed by atoms with Crippen molar-refractivity contribution in [2.75, 3.05) is 78.6 Å². The number of nitriles is 1. The molecule has 4 aromatic rings. The number of phenolic OH excluding ortho intramolecular Hbond substituents is 2. The van der Waals surface area contributed by atoms with Gasteiger partial charge in [-0.15, -0.1) is 0 Å². The lowest BCUT2D eigenvalue weighted by Crippen LogP contribution is -2.49. The number of piperazine rings is 1. The number of hydrogen-bond donors (Lipinski definition) is 6. The van der Waals surface area contributed by atoms with Crippen LogP contribution in [-0.2, 0) is 49.9 Å². The Morgan fingerprint density at radius 2 is 1.40 bits per heavy atom. The van der Waals surface area contributed by atoms with Crippen LogP contribution in [0.2, 0.25) is 0 Å². The van der Waals surface area contributed by atoms with Gasteiger partial charge in [-0.25, -0.2) is 8.78 Å². The Bertz CT molecular complexity index is 2660. The minimum absolute atomic E-state index is 0.00273. The van der Waals surface area contributed by atoms with Crippen LogP contribution in [0.4, 0.5) is 8.78 Å². The fraction of sp³-hybridized carbons (Fsp3) is 0.440. The first-order valence-corrected chi connectivity index (χ1v) is 23.4. The molecule has 384 valence electrons. The predicted octanol–water partition coefficient (Wildman–Crippen LogP) is 3.17. The number of nitrogens with one attached hydrogen (secondary N) is 1. The van der Waals surface area contributed by atoms with E-state index < -0.39 is 74.3 Å². The van der Waals surface area contributed by atoms with Crippen LogP contribution in [-0.4, -0.2) is 181 Å². The molecule has 1 aromatic heterocycles. The maximum Gasteiger partial charge on any atom is 0.317 e. The SMILES string of the molecule is N#C[C@@H]1CC(F)(F)CN1C(=O)CNC(=O)c1ccnc2ccc(OCCCN3CCN(C(=O)CCc4ccc(O)c(CN(CCN(CC(=O)O)Cc5cc(CCC(=O)O)ccc5O)CC(=O)O)c4)CC3)cc12. The minimum atomic E-state index is -3.18. The van der Waals surface area contributed by atoms with E-state index in [2.05, 4.69) is 15.2 Å². The number of pyridine rings is 1. The third-order valence-corrected chi connectivity index (χ3v) is 12.5. The van der Waals surface area contributed by atoms with E-state index in [1.54, 1.807) is 58.3 Å². The highest BCUT2D eigenvalue weighted by Gasteiger charge is 2.47. The van der Waals surface area contributed by atoms with E-state index in [0.717, 1.165) is 10.5 Å². The van der Waals surface area contributed by atoms with E-state index in [9.17, 15) is 63.2 Å². The number of aryl methyl sites for hydroxylation is 2.